The molecular formula is C30H26N2O6. The molecule has 0 spiro atoms. The first kappa shape index (κ1) is 26.2. The van der Waals surface area contributed by atoms with Crippen LogP contribution in [0.25, 0.3) is 5.76 Å². The summed E-state index contributed by atoms with van der Waals surface area (Å²) in [6.45, 7) is 5.86. The molecule has 1 amide bonds. The van der Waals surface area contributed by atoms with Crippen molar-refractivity contribution in [2.24, 2.45) is 5.92 Å². The molecule has 1 unspecified atom stereocenters. The Kier molecular flexibility index (Phi) is 7.58. The number of carbonyl (C=O) groups excluding carboxylic acids is 3. The molecule has 1 fully saturated rings. The average molecular weight is 511 g/mol. The Morgan fingerprint density at radius 2 is 1.71 bits per heavy atom. The second-order valence-corrected chi connectivity index (χ2v) is 9.22. The summed E-state index contributed by atoms with van der Waals surface area (Å²) in [6.07, 6.45) is 0. The maximum Gasteiger partial charge on any atom is 0.308 e. The van der Waals surface area contributed by atoms with Crippen molar-refractivity contribution < 1.29 is 29.0 Å². The molecule has 1 aliphatic heterocycles. The number of rotatable bonds is 7. The van der Waals surface area contributed by atoms with Crippen LogP contribution in [-0.2, 0) is 14.4 Å². The van der Waals surface area contributed by atoms with Crippen LogP contribution in [0.2, 0.25) is 0 Å². The number of benzene rings is 3. The lowest BCUT2D eigenvalue weighted by Gasteiger charge is -2.25. The first-order chi connectivity index (χ1) is 18.2. The smallest absolute Gasteiger partial charge is 0.308 e. The molecule has 1 aliphatic rings. The monoisotopic (exact) mass is 510 g/mol. The molecule has 0 bridgehead atoms. The normalized spacial score (nSPS) is 16.4. The highest BCUT2D eigenvalue weighted by Gasteiger charge is 2.47. The fourth-order valence-corrected chi connectivity index (χ4v) is 4.15. The number of nitrogens with zero attached hydrogens (tertiary/aromatic N) is 2. The number of aliphatic hydroxyl groups excluding tert-OH is 1. The van der Waals surface area contributed by atoms with Gasteiger partial charge in [0.25, 0.3) is 11.7 Å². The molecule has 192 valence electrons. The highest BCUT2D eigenvalue weighted by molar-refractivity contribution is 6.51. The lowest BCUT2D eigenvalue weighted by molar-refractivity contribution is -0.132. The first-order valence-electron chi connectivity index (χ1n) is 12.0. The number of ketones is 1. The molecular weight excluding hydrogens is 484 g/mol. The number of carbonyl (C=O) groups is 3. The molecule has 38 heavy (non-hydrogen) atoms. The number of esters is 1. The van der Waals surface area contributed by atoms with E-state index in [0.717, 1.165) is 0 Å². The predicted octanol–water partition coefficient (Wildman–Crippen LogP) is 5.14. The molecule has 8 heteroatoms. The maximum absolute atomic E-state index is 13.3. The molecule has 3 aromatic rings. The van der Waals surface area contributed by atoms with Gasteiger partial charge < -0.3 is 14.6 Å². The summed E-state index contributed by atoms with van der Waals surface area (Å²) in [7, 11) is 0. The largest absolute Gasteiger partial charge is 0.507 e. The van der Waals surface area contributed by atoms with Gasteiger partial charge in [-0.3, -0.25) is 19.3 Å². The van der Waals surface area contributed by atoms with E-state index in [1.54, 1.807) is 60.7 Å². The Bertz CT molecular complexity index is 1450. The van der Waals surface area contributed by atoms with Crippen LogP contribution < -0.4 is 14.4 Å². The number of Topliss-reactive ketones (excluding diaryl/α,β-unsaturated/α-hetero) is 1. The highest BCUT2D eigenvalue weighted by atomic mass is 16.5. The van der Waals surface area contributed by atoms with E-state index in [-0.39, 0.29) is 17.1 Å². The molecule has 0 aliphatic carbocycles. The second kappa shape index (κ2) is 11.0. The topological polar surface area (TPSA) is 117 Å². The van der Waals surface area contributed by atoms with E-state index in [1.807, 2.05) is 19.9 Å². The van der Waals surface area contributed by atoms with Gasteiger partial charge in [-0.25, -0.2) is 0 Å². The predicted molar refractivity (Wildman–Crippen MR) is 140 cm³/mol. The van der Waals surface area contributed by atoms with Gasteiger partial charge in [-0.1, -0.05) is 26.0 Å². The van der Waals surface area contributed by atoms with Crippen molar-refractivity contribution in [3.05, 3.63) is 95.1 Å². The van der Waals surface area contributed by atoms with Crippen LogP contribution in [0.1, 0.15) is 43.5 Å². The third-order valence-corrected chi connectivity index (χ3v) is 5.87. The maximum atomic E-state index is 13.3. The van der Waals surface area contributed by atoms with Gasteiger partial charge in [-0.05, 0) is 72.1 Å². The van der Waals surface area contributed by atoms with Crippen molar-refractivity contribution in [1.29, 1.82) is 5.26 Å². The van der Waals surface area contributed by atoms with Crippen LogP contribution in [0, 0.1) is 17.2 Å². The van der Waals surface area contributed by atoms with E-state index in [0.29, 0.717) is 40.7 Å². The number of nitriles is 1. The van der Waals surface area contributed by atoms with Crippen LogP contribution in [0.15, 0.2) is 78.4 Å². The second-order valence-electron chi connectivity index (χ2n) is 9.22. The Balaban J connectivity index is 1.84. The number of aliphatic hydroxyl groups is 1. The fourth-order valence-electron chi connectivity index (χ4n) is 4.15. The van der Waals surface area contributed by atoms with Gasteiger partial charge in [-0.15, -0.1) is 0 Å². The van der Waals surface area contributed by atoms with Gasteiger partial charge in [0.2, 0.25) is 0 Å². The van der Waals surface area contributed by atoms with E-state index in [4.69, 9.17) is 14.7 Å². The van der Waals surface area contributed by atoms with Crippen molar-refractivity contribution in [2.45, 2.75) is 26.8 Å². The van der Waals surface area contributed by atoms with Crippen molar-refractivity contribution >= 4 is 29.1 Å². The molecule has 3 aromatic carbocycles. The Morgan fingerprint density at radius 1 is 1.03 bits per heavy atom. The summed E-state index contributed by atoms with van der Waals surface area (Å²) in [5.41, 5.74) is 1.42. The zero-order valence-corrected chi connectivity index (χ0v) is 21.2. The number of anilines is 1. The van der Waals surface area contributed by atoms with E-state index in [2.05, 4.69) is 0 Å². The highest BCUT2D eigenvalue weighted by Crippen LogP contribution is 2.43. The van der Waals surface area contributed by atoms with E-state index < -0.39 is 23.7 Å². The number of hydrogen-bond donors (Lipinski definition) is 1. The molecule has 8 nitrogen and oxygen atoms in total. The van der Waals surface area contributed by atoms with Crippen LogP contribution in [0.5, 0.6) is 11.5 Å². The van der Waals surface area contributed by atoms with Crippen molar-refractivity contribution in [1.82, 2.24) is 0 Å². The standard InChI is InChI=1S/C30H26N2O6/c1-18(2)17-37-24-13-9-21(10-14-24)28(34)26-27(22-5-4-6-25(15-22)38-19(3)33)32(30(36)29(26)35)23-11-7-20(16-31)8-12-23/h4-15,18,27,34H,17H2,1-3H3/b28-26-. The average Bonchev–Trinajstić information content (AvgIpc) is 3.17. The molecule has 0 aromatic heterocycles. The molecule has 0 saturated carbocycles. The SMILES string of the molecule is CC(=O)Oc1cccc(C2/C(=C(/O)c3ccc(OCC(C)C)cc3)C(=O)C(=O)N2c2ccc(C#N)cc2)c1. The third kappa shape index (κ3) is 5.42. The Labute approximate surface area is 220 Å². The van der Waals surface area contributed by atoms with Crippen LogP contribution >= 0.6 is 0 Å². The molecule has 1 saturated heterocycles. The minimum Gasteiger partial charge on any atom is -0.507 e. The summed E-state index contributed by atoms with van der Waals surface area (Å²) < 4.78 is 10.9. The van der Waals surface area contributed by atoms with Crippen LogP contribution in [0.4, 0.5) is 5.69 Å². The third-order valence-electron chi connectivity index (χ3n) is 5.87. The number of hydrogen-bond acceptors (Lipinski definition) is 7. The molecule has 4 rings (SSSR count). The van der Waals surface area contributed by atoms with Gasteiger partial charge in [0.1, 0.15) is 17.3 Å². The van der Waals surface area contributed by atoms with Crippen molar-refractivity contribution in [2.75, 3.05) is 11.5 Å². The van der Waals surface area contributed by atoms with E-state index >= 15 is 0 Å². The van der Waals surface area contributed by atoms with E-state index in [9.17, 15) is 19.5 Å². The Morgan fingerprint density at radius 3 is 2.32 bits per heavy atom. The van der Waals surface area contributed by atoms with Crippen molar-refractivity contribution in [3.8, 4) is 17.6 Å². The van der Waals surface area contributed by atoms with Crippen molar-refractivity contribution in [3.63, 3.8) is 0 Å². The van der Waals surface area contributed by atoms with Gasteiger partial charge in [0.15, 0.2) is 0 Å². The zero-order valence-electron chi connectivity index (χ0n) is 21.2. The fraction of sp³-hybridized carbons (Fsp3) is 0.200. The molecule has 1 atom stereocenters. The zero-order chi connectivity index (χ0) is 27.4. The summed E-state index contributed by atoms with van der Waals surface area (Å²) in [4.78, 5) is 39.5. The first-order valence-corrected chi connectivity index (χ1v) is 12.0. The summed E-state index contributed by atoms with van der Waals surface area (Å²) in [5, 5.41) is 20.5. The van der Waals surface area contributed by atoms with E-state index in [1.165, 1.54) is 24.0 Å². The molecule has 0 radical (unpaired) electrons. The molecule has 1 heterocycles. The summed E-state index contributed by atoms with van der Waals surface area (Å²) in [6, 6.07) is 20.2. The van der Waals surface area contributed by atoms with Crippen LogP contribution in [-0.4, -0.2) is 29.4 Å². The lowest BCUT2D eigenvalue weighted by Crippen LogP contribution is -2.29. The lowest BCUT2D eigenvalue weighted by atomic mass is 9.95. The van der Waals surface area contributed by atoms with Gasteiger partial charge in [-0.2, -0.15) is 5.26 Å². The number of amides is 1. The quantitative estimate of drug-likeness (QED) is 0.154. The molecule has 1 N–H and O–H groups in total. The summed E-state index contributed by atoms with van der Waals surface area (Å²) >= 11 is 0. The minimum absolute atomic E-state index is 0.116. The van der Waals surface area contributed by atoms with Crippen LogP contribution in [0.3, 0.4) is 0 Å². The van der Waals surface area contributed by atoms with Gasteiger partial charge in [0, 0.05) is 18.2 Å². The minimum atomic E-state index is -1.02. The van der Waals surface area contributed by atoms with Gasteiger partial charge >= 0.3 is 5.97 Å². The Hall–Kier alpha value is -4.90. The van der Waals surface area contributed by atoms with Gasteiger partial charge in [0.05, 0.1) is 29.9 Å². The number of ether oxygens (including phenoxy) is 2. The summed E-state index contributed by atoms with van der Waals surface area (Å²) in [5.74, 6) is -1.40.